The minimum Gasteiger partial charge on any atom is -0.508 e. The summed E-state index contributed by atoms with van der Waals surface area (Å²) in [5, 5.41) is 21.7. The second-order valence-electron chi connectivity index (χ2n) is 22.8. The monoisotopic (exact) mass is 957 g/mol. The van der Waals surface area contributed by atoms with Gasteiger partial charge in [0.1, 0.15) is 11.5 Å². The van der Waals surface area contributed by atoms with Gasteiger partial charge in [0.05, 0.1) is 0 Å². The molecule has 2 aromatic rings. The molecule has 0 aliphatic carbocycles. The highest BCUT2D eigenvalue weighted by molar-refractivity contribution is 5.46. The summed E-state index contributed by atoms with van der Waals surface area (Å²) in [4.78, 5) is 0. The van der Waals surface area contributed by atoms with Crippen molar-refractivity contribution in [1.29, 1.82) is 0 Å². The van der Waals surface area contributed by atoms with Gasteiger partial charge >= 0.3 is 0 Å². The van der Waals surface area contributed by atoms with E-state index in [2.05, 4.69) is 52.0 Å². The van der Waals surface area contributed by atoms with E-state index < -0.39 is 0 Å². The summed E-state index contributed by atoms with van der Waals surface area (Å²) in [5.41, 5.74) is 2.74. The van der Waals surface area contributed by atoms with Gasteiger partial charge in [0, 0.05) is 5.41 Å². The van der Waals surface area contributed by atoms with E-state index in [9.17, 15) is 10.2 Å². The van der Waals surface area contributed by atoms with E-state index >= 15 is 0 Å². The SMILES string of the molecule is CCCCCCCCCCCCCCC(c1ccc(O)cc1)(c1ccc(O)cc1)C(CCCCCCCCCCCCC)(CCCCCCCCCCCCC)CCCCCCCCCCCCC. The van der Waals surface area contributed by atoms with Crippen LogP contribution in [0.3, 0.4) is 0 Å². The summed E-state index contributed by atoms with van der Waals surface area (Å²) < 4.78 is 0. The van der Waals surface area contributed by atoms with Gasteiger partial charge in [0.2, 0.25) is 0 Å². The van der Waals surface area contributed by atoms with Gasteiger partial charge in [-0.15, -0.1) is 0 Å². The van der Waals surface area contributed by atoms with Gasteiger partial charge in [-0.25, -0.2) is 0 Å². The third-order valence-corrected chi connectivity index (χ3v) is 16.8. The van der Waals surface area contributed by atoms with Crippen molar-refractivity contribution >= 4 is 0 Å². The Morgan fingerprint density at radius 3 is 0.609 bits per heavy atom. The lowest BCUT2D eigenvalue weighted by atomic mass is 9.50. The van der Waals surface area contributed by atoms with Crippen molar-refractivity contribution in [3.8, 4) is 11.5 Å². The summed E-state index contributed by atoms with van der Waals surface area (Å²) in [6.07, 6.45) is 67.0. The van der Waals surface area contributed by atoms with Crippen molar-refractivity contribution in [2.75, 3.05) is 0 Å². The van der Waals surface area contributed by atoms with Crippen LogP contribution < -0.4 is 0 Å². The average molecular weight is 958 g/mol. The van der Waals surface area contributed by atoms with Gasteiger partial charge in [0.15, 0.2) is 0 Å². The number of rotatable bonds is 52. The molecule has 2 rings (SSSR count). The predicted molar refractivity (Wildman–Crippen MR) is 308 cm³/mol. The fraction of sp³-hybridized carbons (Fsp3) is 0.821. The number of hydrogen-bond donors (Lipinski definition) is 2. The molecule has 400 valence electrons. The highest BCUT2D eigenvalue weighted by Gasteiger charge is 2.51. The Hall–Kier alpha value is -1.96. The average Bonchev–Trinajstić information content (AvgIpc) is 3.36. The number of phenols is 2. The molecule has 0 spiro atoms. The van der Waals surface area contributed by atoms with Crippen LogP contribution >= 0.6 is 0 Å². The molecule has 0 saturated carbocycles. The van der Waals surface area contributed by atoms with Gasteiger partial charge in [-0.3, -0.25) is 0 Å². The highest BCUT2D eigenvalue weighted by Crippen LogP contribution is 2.59. The molecule has 0 bridgehead atoms. The Morgan fingerprint density at radius 2 is 0.406 bits per heavy atom. The fourth-order valence-corrected chi connectivity index (χ4v) is 12.5. The molecule has 0 amide bonds. The van der Waals surface area contributed by atoms with E-state index in [0.29, 0.717) is 11.5 Å². The molecule has 0 aliphatic rings. The number of unbranched alkanes of at least 4 members (excludes halogenated alkanes) is 41. The summed E-state index contributed by atoms with van der Waals surface area (Å²) in [5.74, 6) is 0.742. The maximum absolute atomic E-state index is 10.8. The normalized spacial score (nSPS) is 12.1. The largest absolute Gasteiger partial charge is 0.508 e. The van der Waals surface area contributed by atoms with Gasteiger partial charge in [-0.2, -0.15) is 0 Å². The van der Waals surface area contributed by atoms with Crippen LogP contribution in [0.5, 0.6) is 11.5 Å². The lowest BCUT2D eigenvalue weighted by Gasteiger charge is -2.53. The molecule has 0 unspecified atom stereocenters. The molecule has 0 fully saturated rings. The summed E-state index contributed by atoms with van der Waals surface area (Å²) in [6, 6.07) is 17.2. The first-order valence-electron chi connectivity index (χ1n) is 31.6. The van der Waals surface area contributed by atoms with E-state index in [4.69, 9.17) is 0 Å². The van der Waals surface area contributed by atoms with E-state index in [-0.39, 0.29) is 10.8 Å². The molecule has 2 nitrogen and oxygen atoms in total. The lowest BCUT2D eigenvalue weighted by molar-refractivity contribution is 0.0816. The molecule has 0 heterocycles. The van der Waals surface area contributed by atoms with Crippen LogP contribution in [0.4, 0.5) is 0 Å². The zero-order valence-corrected chi connectivity index (χ0v) is 47.2. The van der Waals surface area contributed by atoms with E-state index in [0.717, 1.165) is 6.42 Å². The van der Waals surface area contributed by atoms with Gasteiger partial charge in [0.25, 0.3) is 0 Å². The van der Waals surface area contributed by atoms with Crippen LogP contribution in [0.2, 0.25) is 0 Å². The first-order chi connectivity index (χ1) is 34.0. The molecular weight excluding hydrogens is 837 g/mol. The lowest BCUT2D eigenvalue weighted by Crippen LogP contribution is -2.47. The Kier molecular flexibility index (Phi) is 40.9. The first kappa shape index (κ1) is 63.2. The van der Waals surface area contributed by atoms with Crippen LogP contribution in [0.15, 0.2) is 48.5 Å². The standard InChI is InChI=1S/C67H120O2/c1-5-9-13-17-21-25-29-33-37-41-45-49-61-67(62-50-54-64(68)55-51-62,63-52-56-65(69)57-53-63)66(58-46-42-38-34-30-26-22-18-14-10-6-2,59-47-43-39-35-31-27-23-19-15-11-7-3)60-48-44-40-36-32-28-24-20-16-12-8-4/h50-57,68-69H,5-49,58-61H2,1-4H3. The highest BCUT2D eigenvalue weighted by atomic mass is 16.3. The molecule has 0 aliphatic heterocycles. The van der Waals surface area contributed by atoms with Crippen LogP contribution in [-0.4, -0.2) is 10.2 Å². The third-order valence-electron chi connectivity index (χ3n) is 16.8. The third kappa shape index (κ3) is 29.4. The fourth-order valence-electron chi connectivity index (χ4n) is 12.5. The van der Waals surface area contributed by atoms with Crippen LogP contribution in [-0.2, 0) is 5.41 Å². The molecule has 2 N–H and O–H groups in total. The maximum atomic E-state index is 10.8. The quantitative estimate of drug-likeness (QED) is 0.0649. The van der Waals surface area contributed by atoms with Crippen LogP contribution in [0, 0.1) is 5.41 Å². The minimum atomic E-state index is -0.178. The molecule has 2 aromatic carbocycles. The zero-order chi connectivity index (χ0) is 49.6. The maximum Gasteiger partial charge on any atom is 0.115 e. The van der Waals surface area contributed by atoms with Crippen molar-refractivity contribution in [2.24, 2.45) is 5.41 Å². The second-order valence-corrected chi connectivity index (χ2v) is 22.8. The number of benzene rings is 2. The van der Waals surface area contributed by atoms with Crippen molar-refractivity contribution in [3.63, 3.8) is 0 Å². The summed E-state index contributed by atoms with van der Waals surface area (Å²) in [6.45, 7) is 9.29. The molecule has 69 heavy (non-hydrogen) atoms. The molecule has 0 aromatic heterocycles. The topological polar surface area (TPSA) is 40.5 Å². The molecule has 0 radical (unpaired) electrons. The van der Waals surface area contributed by atoms with Gasteiger partial charge < -0.3 is 10.2 Å². The first-order valence-corrected chi connectivity index (χ1v) is 31.6. The molecular formula is C67H120O2. The minimum absolute atomic E-state index is 0.108. The Labute approximate surface area is 432 Å². The Bertz CT molecular complexity index is 1230. The number of phenolic OH excluding ortho intramolecular Hbond substituents is 2. The van der Waals surface area contributed by atoms with Crippen LogP contribution in [0.1, 0.15) is 353 Å². The Morgan fingerprint density at radius 1 is 0.232 bits per heavy atom. The summed E-state index contributed by atoms with van der Waals surface area (Å²) in [7, 11) is 0. The molecule has 2 heteroatoms. The Balaban J connectivity index is 2.44. The van der Waals surface area contributed by atoms with Crippen molar-refractivity contribution < 1.29 is 10.2 Å². The summed E-state index contributed by atoms with van der Waals surface area (Å²) >= 11 is 0. The van der Waals surface area contributed by atoms with Gasteiger partial charge in [-0.05, 0) is 66.5 Å². The number of hydrogen-bond acceptors (Lipinski definition) is 2. The van der Waals surface area contributed by atoms with Gasteiger partial charge in [-0.1, -0.05) is 341 Å². The molecule has 0 saturated heterocycles. The van der Waals surface area contributed by atoms with E-state index in [1.165, 1.54) is 319 Å². The van der Waals surface area contributed by atoms with Crippen molar-refractivity contribution in [3.05, 3.63) is 59.7 Å². The van der Waals surface area contributed by atoms with Crippen molar-refractivity contribution in [1.82, 2.24) is 0 Å². The number of aromatic hydroxyl groups is 2. The van der Waals surface area contributed by atoms with Crippen LogP contribution in [0.25, 0.3) is 0 Å². The smallest absolute Gasteiger partial charge is 0.115 e. The van der Waals surface area contributed by atoms with Crippen molar-refractivity contribution in [2.45, 2.75) is 348 Å². The van der Waals surface area contributed by atoms with E-state index in [1.807, 2.05) is 24.3 Å². The zero-order valence-electron chi connectivity index (χ0n) is 47.2. The molecule has 0 atom stereocenters. The van der Waals surface area contributed by atoms with E-state index in [1.54, 1.807) is 0 Å². The second kappa shape index (κ2) is 44.7. The predicted octanol–water partition coefficient (Wildman–Crippen LogP) is 23.6.